The molecule has 2 aliphatic rings. The maximum Gasteiger partial charge on any atom is 0.306 e. The molecule has 2 rings (SSSR count). The van der Waals surface area contributed by atoms with Crippen LogP contribution in [0.25, 0.3) is 0 Å². The Morgan fingerprint density at radius 2 is 2.00 bits per heavy atom. The standard InChI is InChI=1S/C14H22N2O4/c1-15(11-7-10(8-11)14(19)20)13(18)9-16-6-4-2-3-5-12(16)17/h10-11H,2-9H2,1H3,(H,19,20). The summed E-state index contributed by atoms with van der Waals surface area (Å²) in [6.07, 6.45) is 4.46. The molecule has 1 saturated carbocycles. The third-order valence-corrected chi connectivity index (χ3v) is 4.40. The van der Waals surface area contributed by atoms with E-state index in [1.807, 2.05) is 0 Å². The molecule has 1 heterocycles. The van der Waals surface area contributed by atoms with Crippen molar-refractivity contribution in [2.45, 2.75) is 44.6 Å². The zero-order valence-corrected chi connectivity index (χ0v) is 11.9. The van der Waals surface area contributed by atoms with Crippen molar-refractivity contribution in [3.05, 3.63) is 0 Å². The van der Waals surface area contributed by atoms with E-state index in [1.54, 1.807) is 16.8 Å². The molecule has 112 valence electrons. The largest absolute Gasteiger partial charge is 0.481 e. The van der Waals surface area contributed by atoms with E-state index in [4.69, 9.17) is 5.11 Å². The van der Waals surface area contributed by atoms with Crippen LogP contribution in [0.4, 0.5) is 0 Å². The SMILES string of the molecule is CN(C(=O)CN1CCCCCC1=O)C1CC(C(=O)O)C1. The molecular weight excluding hydrogens is 260 g/mol. The second kappa shape index (κ2) is 6.24. The van der Waals surface area contributed by atoms with Gasteiger partial charge in [-0.15, -0.1) is 0 Å². The van der Waals surface area contributed by atoms with Gasteiger partial charge in [0.15, 0.2) is 0 Å². The van der Waals surface area contributed by atoms with Crippen LogP contribution in [0.3, 0.4) is 0 Å². The van der Waals surface area contributed by atoms with Gasteiger partial charge in [-0.25, -0.2) is 0 Å². The number of likely N-dealkylation sites (tertiary alicyclic amines) is 1. The van der Waals surface area contributed by atoms with Gasteiger partial charge in [0.1, 0.15) is 0 Å². The summed E-state index contributed by atoms with van der Waals surface area (Å²) in [6, 6.07) is 0.00526. The number of rotatable bonds is 4. The van der Waals surface area contributed by atoms with Crippen LogP contribution in [0.1, 0.15) is 38.5 Å². The lowest BCUT2D eigenvalue weighted by Gasteiger charge is -2.39. The van der Waals surface area contributed by atoms with E-state index in [-0.39, 0.29) is 30.3 Å². The lowest BCUT2D eigenvalue weighted by Crippen LogP contribution is -2.51. The van der Waals surface area contributed by atoms with Crippen LogP contribution in [0, 0.1) is 5.92 Å². The average Bonchev–Trinajstić information content (AvgIpc) is 2.52. The molecule has 0 aromatic heterocycles. The van der Waals surface area contributed by atoms with Gasteiger partial charge in [-0.1, -0.05) is 6.42 Å². The summed E-state index contributed by atoms with van der Waals surface area (Å²) in [7, 11) is 1.70. The van der Waals surface area contributed by atoms with Crippen LogP contribution >= 0.6 is 0 Å². The first-order chi connectivity index (χ1) is 9.49. The number of carbonyl (C=O) groups excluding carboxylic acids is 2. The van der Waals surface area contributed by atoms with Crippen molar-refractivity contribution >= 4 is 17.8 Å². The zero-order chi connectivity index (χ0) is 14.7. The number of nitrogens with zero attached hydrogens (tertiary/aromatic N) is 2. The summed E-state index contributed by atoms with van der Waals surface area (Å²) < 4.78 is 0. The lowest BCUT2D eigenvalue weighted by molar-refractivity contribution is -0.151. The first-order valence-corrected chi connectivity index (χ1v) is 7.25. The number of carboxylic acids is 1. The van der Waals surface area contributed by atoms with Crippen molar-refractivity contribution in [2.24, 2.45) is 5.92 Å². The molecule has 0 aromatic carbocycles. The maximum absolute atomic E-state index is 12.2. The molecule has 0 bridgehead atoms. The first kappa shape index (κ1) is 14.8. The fraction of sp³-hybridized carbons (Fsp3) is 0.786. The number of hydrogen-bond acceptors (Lipinski definition) is 3. The van der Waals surface area contributed by atoms with Crippen molar-refractivity contribution in [2.75, 3.05) is 20.1 Å². The number of amides is 2. The Morgan fingerprint density at radius 3 is 2.65 bits per heavy atom. The van der Waals surface area contributed by atoms with Gasteiger partial charge in [0, 0.05) is 26.1 Å². The van der Waals surface area contributed by atoms with Crippen molar-refractivity contribution in [3.63, 3.8) is 0 Å². The Morgan fingerprint density at radius 1 is 1.30 bits per heavy atom. The smallest absolute Gasteiger partial charge is 0.306 e. The van der Waals surface area contributed by atoms with E-state index in [1.165, 1.54) is 0 Å². The fourth-order valence-electron chi connectivity index (χ4n) is 2.79. The van der Waals surface area contributed by atoms with Gasteiger partial charge >= 0.3 is 5.97 Å². The van der Waals surface area contributed by atoms with Crippen LogP contribution < -0.4 is 0 Å². The molecule has 6 heteroatoms. The third-order valence-electron chi connectivity index (χ3n) is 4.40. The molecule has 1 N–H and O–H groups in total. The molecule has 6 nitrogen and oxygen atoms in total. The molecule has 0 atom stereocenters. The highest BCUT2D eigenvalue weighted by molar-refractivity contribution is 5.85. The second-order valence-corrected chi connectivity index (χ2v) is 5.79. The molecule has 2 fully saturated rings. The van der Waals surface area contributed by atoms with Crippen molar-refractivity contribution in [3.8, 4) is 0 Å². The molecule has 0 radical (unpaired) electrons. The molecule has 1 saturated heterocycles. The van der Waals surface area contributed by atoms with E-state index in [0.29, 0.717) is 25.8 Å². The number of aliphatic carboxylic acids is 1. The van der Waals surface area contributed by atoms with Crippen molar-refractivity contribution in [1.82, 2.24) is 9.80 Å². The van der Waals surface area contributed by atoms with Crippen LogP contribution in [0.5, 0.6) is 0 Å². The summed E-state index contributed by atoms with van der Waals surface area (Å²) >= 11 is 0. The van der Waals surface area contributed by atoms with Crippen LogP contribution in [0.15, 0.2) is 0 Å². The van der Waals surface area contributed by atoms with Gasteiger partial charge in [0.25, 0.3) is 0 Å². The van der Waals surface area contributed by atoms with Crippen LogP contribution in [-0.4, -0.2) is 58.9 Å². The number of likely N-dealkylation sites (N-methyl/N-ethyl adjacent to an activating group) is 1. The average molecular weight is 282 g/mol. The molecule has 2 amide bonds. The van der Waals surface area contributed by atoms with Gasteiger partial charge in [0.05, 0.1) is 12.5 Å². The molecule has 0 spiro atoms. The normalized spacial score (nSPS) is 26.6. The molecule has 0 aromatic rings. The quantitative estimate of drug-likeness (QED) is 0.823. The minimum Gasteiger partial charge on any atom is -0.481 e. The highest BCUT2D eigenvalue weighted by Crippen LogP contribution is 2.31. The van der Waals surface area contributed by atoms with Gasteiger partial charge in [-0.3, -0.25) is 14.4 Å². The van der Waals surface area contributed by atoms with Gasteiger partial charge in [0.2, 0.25) is 11.8 Å². The van der Waals surface area contributed by atoms with E-state index < -0.39 is 5.97 Å². The summed E-state index contributed by atoms with van der Waals surface area (Å²) in [6.45, 7) is 0.782. The summed E-state index contributed by atoms with van der Waals surface area (Å²) in [5, 5.41) is 8.84. The topological polar surface area (TPSA) is 77.9 Å². The van der Waals surface area contributed by atoms with E-state index in [9.17, 15) is 14.4 Å². The van der Waals surface area contributed by atoms with E-state index in [0.717, 1.165) is 19.3 Å². The Labute approximate surface area is 118 Å². The summed E-state index contributed by atoms with van der Waals surface area (Å²) in [4.78, 5) is 38.0. The summed E-state index contributed by atoms with van der Waals surface area (Å²) in [5.41, 5.74) is 0. The third kappa shape index (κ3) is 3.29. The Kier molecular flexibility index (Phi) is 4.62. The molecule has 1 aliphatic heterocycles. The Balaban J connectivity index is 1.82. The first-order valence-electron chi connectivity index (χ1n) is 7.25. The fourth-order valence-corrected chi connectivity index (χ4v) is 2.79. The number of carboxylic acid groups (broad SMARTS) is 1. The number of hydrogen-bond donors (Lipinski definition) is 1. The minimum absolute atomic E-state index is 0.00526. The lowest BCUT2D eigenvalue weighted by atomic mass is 9.79. The van der Waals surface area contributed by atoms with Gasteiger partial charge in [-0.05, 0) is 25.7 Å². The monoisotopic (exact) mass is 282 g/mol. The predicted molar refractivity (Wildman–Crippen MR) is 72.0 cm³/mol. The molecule has 1 aliphatic carbocycles. The predicted octanol–water partition coefficient (Wildman–Crippen LogP) is 0.711. The van der Waals surface area contributed by atoms with Crippen LogP contribution in [-0.2, 0) is 14.4 Å². The molecule has 0 unspecified atom stereocenters. The van der Waals surface area contributed by atoms with Gasteiger partial charge in [-0.2, -0.15) is 0 Å². The van der Waals surface area contributed by atoms with Crippen molar-refractivity contribution < 1.29 is 19.5 Å². The van der Waals surface area contributed by atoms with E-state index >= 15 is 0 Å². The highest BCUT2D eigenvalue weighted by atomic mass is 16.4. The minimum atomic E-state index is -0.787. The summed E-state index contributed by atoms with van der Waals surface area (Å²) in [5.74, 6) is -1.14. The van der Waals surface area contributed by atoms with Crippen molar-refractivity contribution in [1.29, 1.82) is 0 Å². The van der Waals surface area contributed by atoms with E-state index in [2.05, 4.69) is 0 Å². The zero-order valence-electron chi connectivity index (χ0n) is 11.9. The number of carbonyl (C=O) groups is 3. The Hall–Kier alpha value is -1.59. The van der Waals surface area contributed by atoms with Crippen LogP contribution in [0.2, 0.25) is 0 Å². The molecule has 20 heavy (non-hydrogen) atoms. The second-order valence-electron chi connectivity index (χ2n) is 5.79. The van der Waals surface area contributed by atoms with Gasteiger partial charge < -0.3 is 14.9 Å². The molecular formula is C14H22N2O4. The maximum atomic E-state index is 12.2. The Bertz CT molecular complexity index is 404. The highest BCUT2D eigenvalue weighted by Gasteiger charge is 2.38.